The molecular formula is C17H28N2O2. The lowest BCUT2D eigenvalue weighted by Crippen LogP contribution is -2.66. The molecule has 4 nitrogen and oxygen atoms in total. The molecule has 0 bridgehead atoms. The summed E-state index contributed by atoms with van der Waals surface area (Å²) < 4.78 is 6.21. The smallest absolute Gasteiger partial charge is 0.226 e. The van der Waals surface area contributed by atoms with E-state index in [-0.39, 0.29) is 5.60 Å². The number of likely N-dealkylation sites (tertiary alicyclic amines) is 2. The molecule has 1 amide bonds. The van der Waals surface area contributed by atoms with E-state index in [9.17, 15) is 4.79 Å². The van der Waals surface area contributed by atoms with Gasteiger partial charge >= 0.3 is 0 Å². The molecule has 0 aromatic heterocycles. The fourth-order valence-electron chi connectivity index (χ4n) is 4.35. The van der Waals surface area contributed by atoms with Gasteiger partial charge < -0.3 is 14.5 Å². The zero-order valence-corrected chi connectivity index (χ0v) is 13.2. The number of rotatable bonds is 3. The van der Waals surface area contributed by atoms with E-state index < -0.39 is 0 Å². The van der Waals surface area contributed by atoms with Crippen molar-refractivity contribution in [3.05, 3.63) is 0 Å². The predicted octanol–water partition coefficient (Wildman–Crippen LogP) is 1.75. The van der Waals surface area contributed by atoms with Gasteiger partial charge in [0.25, 0.3) is 0 Å². The highest BCUT2D eigenvalue weighted by atomic mass is 16.5. The van der Waals surface area contributed by atoms with Gasteiger partial charge in [-0.2, -0.15) is 0 Å². The first-order valence-electron chi connectivity index (χ1n) is 8.80. The van der Waals surface area contributed by atoms with E-state index >= 15 is 0 Å². The maximum absolute atomic E-state index is 12.2. The second-order valence-corrected chi connectivity index (χ2v) is 7.92. The summed E-state index contributed by atoms with van der Waals surface area (Å²) in [5.41, 5.74) is 0.0231. The van der Waals surface area contributed by atoms with Crippen LogP contribution < -0.4 is 0 Å². The Hall–Kier alpha value is -0.610. The van der Waals surface area contributed by atoms with E-state index in [0.717, 1.165) is 32.5 Å². The molecular weight excluding hydrogens is 264 g/mol. The summed E-state index contributed by atoms with van der Waals surface area (Å²) in [6.45, 7) is 8.57. The molecule has 3 heterocycles. The van der Waals surface area contributed by atoms with Gasteiger partial charge in [-0.15, -0.1) is 0 Å². The lowest BCUT2D eigenvalue weighted by Gasteiger charge is -2.53. The lowest BCUT2D eigenvalue weighted by atomic mass is 9.82. The van der Waals surface area contributed by atoms with Crippen LogP contribution in [-0.4, -0.2) is 60.6 Å². The van der Waals surface area contributed by atoms with Gasteiger partial charge in [0.15, 0.2) is 0 Å². The van der Waals surface area contributed by atoms with Gasteiger partial charge in [-0.05, 0) is 57.0 Å². The second-order valence-electron chi connectivity index (χ2n) is 7.92. The third-order valence-corrected chi connectivity index (χ3v) is 6.04. The zero-order valence-electron chi connectivity index (χ0n) is 13.2. The number of nitrogens with zero attached hydrogens (tertiary/aromatic N) is 2. The Morgan fingerprint density at radius 1 is 1.29 bits per heavy atom. The fraction of sp³-hybridized carbons (Fsp3) is 0.941. The monoisotopic (exact) mass is 292 g/mol. The summed E-state index contributed by atoms with van der Waals surface area (Å²) in [6.07, 6.45) is 6.26. The first-order chi connectivity index (χ1) is 10.2. The average molecular weight is 292 g/mol. The minimum Gasteiger partial charge on any atom is -0.371 e. The molecule has 1 saturated carbocycles. The van der Waals surface area contributed by atoms with Crippen molar-refractivity contribution in [3.8, 4) is 0 Å². The minimum absolute atomic E-state index is 0.0231. The Morgan fingerprint density at radius 3 is 2.57 bits per heavy atom. The van der Waals surface area contributed by atoms with Crippen LogP contribution in [0.3, 0.4) is 0 Å². The van der Waals surface area contributed by atoms with Gasteiger partial charge in [-0.25, -0.2) is 0 Å². The number of carbonyl (C=O) groups excluding carboxylic acids is 1. The van der Waals surface area contributed by atoms with Gasteiger partial charge in [-0.3, -0.25) is 4.79 Å². The normalized spacial score (nSPS) is 38.5. The molecule has 0 aromatic carbocycles. The largest absolute Gasteiger partial charge is 0.371 e. The standard InChI is InChI=1S/C17H28N2O2/c1-13-8-15(13)16(20)19-11-17(12-19)5-4-14(10-21-17)9-18-6-2-3-7-18/h13-15H,2-12H2,1H3/t13-,14+,15-/m1/s1. The molecule has 3 atom stereocenters. The van der Waals surface area contributed by atoms with E-state index in [2.05, 4.69) is 11.8 Å². The van der Waals surface area contributed by atoms with Gasteiger partial charge in [0.1, 0.15) is 5.60 Å². The molecule has 4 rings (SSSR count). The summed E-state index contributed by atoms with van der Waals surface area (Å²) in [5.74, 6) is 2.04. The van der Waals surface area contributed by atoms with Crippen LogP contribution in [0.25, 0.3) is 0 Å². The number of amides is 1. The van der Waals surface area contributed by atoms with Crippen molar-refractivity contribution >= 4 is 5.91 Å². The highest BCUT2D eigenvalue weighted by Gasteiger charge is 2.52. The molecule has 118 valence electrons. The Kier molecular flexibility index (Phi) is 3.49. The van der Waals surface area contributed by atoms with E-state index in [1.54, 1.807) is 0 Å². The lowest BCUT2D eigenvalue weighted by molar-refractivity contribution is -0.190. The third kappa shape index (κ3) is 2.72. The van der Waals surface area contributed by atoms with E-state index in [1.807, 2.05) is 4.90 Å². The van der Waals surface area contributed by atoms with Gasteiger partial charge in [0.05, 0.1) is 19.7 Å². The number of hydrogen-bond acceptors (Lipinski definition) is 3. The molecule has 0 radical (unpaired) electrons. The van der Waals surface area contributed by atoms with Crippen LogP contribution in [0.5, 0.6) is 0 Å². The number of ether oxygens (including phenoxy) is 1. The molecule has 3 aliphatic heterocycles. The van der Waals surface area contributed by atoms with Crippen LogP contribution in [0.1, 0.15) is 39.0 Å². The SMILES string of the molecule is C[C@@H]1C[C@H]1C(=O)N1CC2(CC[C@@H](CN3CCCC3)CO2)C1. The number of carbonyl (C=O) groups is 1. The fourth-order valence-corrected chi connectivity index (χ4v) is 4.35. The Morgan fingerprint density at radius 2 is 2.00 bits per heavy atom. The van der Waals surface area contributed by atoms with E-state index in [1.165, 1.54) is 38.9 Å². The van der Waals surface area contributed by atoms with Crippen LogP contribution in [0.4, 0.5) is 0 Å². The van der Waals surface area contributed by atoms with Gasteiger partial charge in [0, 0.05) is 12.5 Å². The number of hydrogen-bond donors (Lipinski definition) is 0. The molecule has 0 N–H and O–H groups in total. The molecule has 1 aliphatic carbocycles. The molecule has 4 aliphatic rings. The maximum atomic E-state index is 12.2. The van der Waals surface area contributed by atoms with Crippen molar-refractivity contribution in [3.63, 3.8) is 0 Å². The first kappa shape index (κ1) is 14.0. The predicted molar refractivity (Wildman–Crippen MR) is 80.9 cm³/mol. The molecule has 3 saturated heterocycles. The van der Waals surface area contributed by atoms with Crippen molar-refractivity contribution < 1.29 is 9.53 Å². The summed E-state index contributed by atoms with van der Waals surface area (Å²) in [7, 11) is 0. The van der Waals surface area contributed by atoms with Crippen molar-refractivity contribution in [2.45, 2.75) is 44.6 Å². The van der Waals surface area contributed by atoms with Crippen molar-refractivity contribution in [2.75, 3.05) is 39.3 Å². The van der Waals surface area contributed by atoms with Gasteiger partial charge in [0.2, 0.25) is 5.91 Å². The highest BCUT2D eigenvalue weighted by Crippen LogP contribution is 2.43. The highest BCUT2D eigenvalue weighted by molar-refractivity contribution is 5.82. The average Bonchev–Trinajstić information content (AvgIpc) is 2.96. The molecule has 0 unspecified atom stereocenters. The Bertz CT molecular complexity index is 403. The summed E-state index contributed by atoms with van der Waals surface area (Å²) in [4.78, 5) is 16.8. The van der Waals surface area contributed by atoms with E-state index in [0.29, 0.717) is 23.7 Å². The summed E-state index contributed by atoms with van der Waals surface area (Å²) in [5, 5.41) is 0. The van der Waals surface area contributed by atoms with Crippen molar-refractivity contribution in [2.24, 2.45) is 17.8 Å². The van der Waals surface area contributed by atoms with Crippen LogP contribution in [0.2, 0.25) is 0 Å². The van der Waals surface area contributed by atoms with Gasteiger partial charge in [-0.1, -0.05) is 6.92 Å². The maximum Gasteiger partial charge on any atom is 0.226 e. The van der Waals surface area contributed by atoms with Crippen LogP contribution in [0, 0.1) is 17.8 Å². The third-order valence-electron chi connectivity index (χ3n) is 6.04. The summed E-state index contributed by atoms with van der Waals surface area (Å²) >= 11 is 0. The minimum atomic E-state index is 0.0231. The zero-order chi connectivity index (χ0) is 14.4. The van der Waals surface area contributed by atoms with Crippen LogP contribution in [0.15, 0.2) is 0 Å². The molecule has 21 heavy (non-hydrogen) atoms. The molecule has 1 spiro atoms. The first-order valence-corrected chi connectivity index (χ1v) is 8.80. The molecule has 0 aromatic rings. The Labute approximate surface area is 127 Å². The molecule has 4 fully saturated rings. The van der Waals surface area contributed by atoms with Crippen molar-refractivity contribution in [1.29, 1.82) is 0 Å². The van der Waals surface area contributed by atoms with Crippen molar-refractivity contribution in [1.82, 2.24) is 9.80 Å². The summed E-state index contributed by atoms with van der Waals surface area (Å²) in [6, 6.07) is 0. The quantitative estimate of drug-likeness (QED) is 0.794. The molecule has 4 heteroatoms. The van der Waals surface area contributed by atoms with Crippen LogP contribution in [-0.2, 0) is 9.53 Å². The van der Waals surface area contributed by atoms with Crippen LogP contribution >= 0.6 is 0 Å². The second kappa shape index (κ2) is 5.24. The van der Waals surface area contributed by atoms with E-state index in [4.69, 9.17) is 4.74 Å². The topological polar surface area (TPSA) is 32.8 Å². The Balaban J connectivity index is 1.22.